The van der Waals surface area contributed by atoms with Crippen molar-refractivity contribution < 1.29 is 23.8 Å². The zero-order chi connectivity index (χ0) is 20.8. The molecule has 1 aromatic carbocycles. The molecule has 0 atom stereocenters. The van der Waals surface area contributed by atoms with Crippen molar-refractivity contribution in [3.05, 3.63) is 65.1 Å². The van der Waals surface area contributed by atoms with Gasteiger partial charge in [0.2, 0.25) is 0 Å². The number of pyridine rings is 1. The van der Waals surface area contributed by atoms with Crippen molar-refractivity contribution in [1.29, 1.82) is 0 Å². The number of fused-ring (bicyclic) bond motifs is 1. The Morgan fingerprint density at radius 3 is 2.69 bits per heavy atom. The molecule has 0 aliphatic rings. The molecule has 0 radical (unpaired) electrons. The van der Waals surface area contributed by atoms with E-state index < -0.39 is 12.1 Å². The molecule has 1 N–H and O–H groups in total. The maximum absolute atomic E-state index is 12.7. The molecule has 0 bridgehead atoms. The first-order valence-electron chi connectivity index (χ1n) is 9.13. The Morgan fingerprint density at radius 2 is 1.90 bits per heavy atom. The van der Waals surface area contributed by atoms with Gasteiger partial charge in [-0.25, -0.2) is 14.6 Å². The number of hydrogen-bond donors (Lipinski definition) is 1. The molecule has 152 valence electrons. The van der Waals surface area contributed by atoms with Gasteiger partial charge in [-0.3, -0.25) is 9.72 Å². The third-order valence-corrected chi connectivity index (χ3v) is 4.41. The number of nitrogens with one attached hydrogen (secondary N) is 1. The minimum atomic E-state index is -0.599. The molecule has 3 aromatic rings. The van der Waals surface area contributed by atoms with Crippen LogP contribution in [0, 0.1) is 13.8 Å². The van der Waals surface area contributed by atoms with Crippen LogP contribution in [0.15, 0.2) is 42.6 Å². The van der Waals surface area contributed by atoms with E-state index in [0.717, 1.165) is 5.56 Å². The minimum absolute atomic E-state index is 0.00129. The number of ether oxygens (including phenoxy) is 3. The first kappa shape index (κ1) is 20.3. The van der Waals surface area contributed by atoms with Crippen LogP contribution in [-0.4, -0.2) is 41.8 Å². The summed E-state index contributed by atoms with van der Waals surface area (Å²) in [5, 5.41) is 2.68. The van der Waals surface area contributed by atoms with E-state index in [1.54, 1.807) is 29.7 Å². The normalized spacial score (nSPS) is 10.7. The van der Waals surface area contributed by atoms with Crippen LogP contribution >= 0.6 is 0 Å². The van der Waals surface area contributed by atoms with E-state index in [9.17, 15) is 9.59 Å². The molecule has 0 unspecified atom stereocenters. The summed E-state index contributed by atoms with van der Waals surface area (Å²) in [4.78, 5) is 29.1. The van der Waals surface area contributed by atoms with E-state index >= 15 is 0 Å². The number of rotatable bonds is 7. The predicted octanol–water partition coefficient (Wildman–Crippen LogP) is 3.50. The summed E-state index contributed by atoms with van der Waals surface area (Å²) < 4.78 is 17.1. The van der Waals surface area contributed by atoms with Crippen molar-refractivity contribution in [2.24, 2.45) is 0 Å². The average molecular weight is 397 g/mol. The van der Waals surface area contributed by atoms with E-state index in [4.69, 9.17) is 14.2 Å². The molecular weight excluding hydrogens is 374 g/mol. The molecule has 2 heterocycles. The smallest absolute Gasteiger partial charge is 0.411 e. The molecule has 8 heteroatoms. The highest BCUT2D eigenvalue weighted by atomic mass is 16.6. The lowest BCUT2D eigenvalue weighted by Crippen LogP contribution is -2.18. The molecule has 8 nitrogen and oxygen atoms in total. The number of aromatic nitrogens is 2. The minimum Gasteiger partial charge on any atom is -0.456 e. The van der Waals surface area contributed by atoms with Crippen LogP contribution in [0.2, 0.25) is 0 Å². The summed E-state index contributed by atoms with van der Waals surface area (Å²) in [5.41, 5.74) is 3.73. The largest absolute Gasteiger partial charge is 0.456 e. The van der Waals surface area contributed by atoms with Crippen LogP contribution in [0.4, 0.5) is 10.5 Å². The van der Waals surface area contributed by atoms with Gasteiger partial charge in [-0.1, -0.05) is 18.2 Å². The second-order valence-corrected chi connectivity index (χ2v) is 6.41. The number of hydrogen-bond acceptors (Lipinski definition) is 6. The summed E-state index contributed by atoms with van der Waals surface area (Å²) in [5.74, 6) is -0.488. The molecule has 1 amide bonds. The molecule has 3 rings (SSSR count). The third kappa shape index (κ3) is 4.72. The Morgan fingerprint density at radius 1 is 1.07 bits per heavy atom. The number of amides is 1. The predicted molar refractivity (Wildman–Crippen MR) is 107 cm³/mol. The van der Waals surface area contributed by atoms with Crippen molar-refractivity contribution in [3.8, 4) is 0 Å². The van der Waals surface area contributed by atoms with Gasteiger partial charge >= 0.3 is 12.1 Å². The van der Waals surface area contributed by atoms with Crippen LogP contribution < -0.4 is 5.32 Å². The summed E-state index contributed by atoms with van der Waals surface area (Å²) in [7, 11) is 1.53. The van der Waals surface area contributed by atoms with Crippen LogP contribution in [0.25, 0.3) is 5.65 Å². The molecule has 0 saturated carbocycles. The summed E-state index contributed by atoms with van der Waals surface area (Å²) in [6.45, 7) is 4.10. The summed E-state index contributed by atoms with van der Waals surface area (Å²) in [6.07, 6.45) is 1.17. The van der Waals surface area contributed by atoms with Crippen molar-refractivity contribution >= 4 is 23.4 Å². The monoisotopic (exact) mass is 397 g/mol. The zero-order valence-corrected chi connectivity index (χ0v) is 16.6. The van der Waals surface area contributed by atoms with E-state index in [0.29, 0.717) is 34.9 Å². The maximum atomic E-state index is 12.7. The third-order valence-electron chi connectivity index (χ3n) is 4.41. The molecular formula is C21H23N3O5. The average Bonchev–Trinajstić information content (AvgIpc) is 3.03. The van der Waals surface area contributed by atoms with Crippen LogP contribution in [-0.2, 0) is 20.8 Å². The lowest BCUT2D eigenvalue weighted by atomic mass is 10.1. The first-order chi connectivity index (χ1) is 14.0. The molecule has 0 aliphatic heterocycles. The zero-order valence-electron chi connectivity index (χ0n) is 16.6. The van der Waals surface area contributed by atoms with Crippen molar-refractivity contribution in [2.45, 2.75) is 20.5 Å². The second kappa shape index (κ2) is 9.20. The molecule has 2 aromatic heterocycles. The van der Waals surface area contributed by atoms with Gasteiger partial charge in [-0.15, -0.1) is 0 Å². The summed E-state index contributed by atoms with van der Waals surface area (Å²) in [6, 6.07) is 10.9. The highest BCUT2D eigenvalue weighted by molar-refractivity contribution is 5.90. The highest BCUT2D eigenvalue weighted by Gasteiger charge is 2.19. The van der Waals surface area contributed by atoms with E-state index in [1.165, 1.54) is 7.11 Å². The standard InChI is InChI=1S/C21H23N3O5/c1-14-7-6-8-17(23-21(26)28-12-11-27-3)16(14)13-29-20(25)19-15(2)22-18-9-4-5-10-24(18)19/h4-10H,11-13H2,1-3H3,(H,23,26). The van der Waals surface area contributed by atoms with Gasteiger partial charge < -0.3 is 14.2 Å². The second-order valence-electron chi connectivity index (χ2n) is 6.41. The SMILES string of the molecule is COCCOC(=O)Nc1cccc(C)c1COC(=O)c1c(C)nc2ccccn12. The summed E-state index contributed by atoms with van der Waals surface area (Å²) >= 11 is 0. The van der Waals surface area contributed by atoms with Gasteiger partial charge in [0.1, 0.15) is 18.9 Å². The van der Waals surface area contributed by atoms with E-state index in [-0.39, 0.29) is 13.2 Å². The number of nitrogens with zero attached hydrogens (tertiary/aromatic N) is 2. The number of aryl methyl sites for hydroxylation is 2. The van der Waals surface area contributed by atoms with Crippen molar-refractivity contribution in [1.82, 2.24) is 9.38 Å². The van der Waals surface area contributed by atoms with Gasteiger partial charge in [0.25, 0.3) is 0 Å². The number of methoxy groups -OCH3 is 1. The lowest BCUT2D eigenvalue weighted by molar-refractivity contribution is 0.0464. The lowest BCUT2D eigenvalue weighted by Gasteiger charge is -2.14. The Hall–Kier alpha value is -3.39. The van der Waals surface area contributed by atoms with Gasteiger partial charge in [0, 0.05) is 18.9 Å². The number of anilines is 1. The van der Waals surface area contributed by atoms with E-state index in [1.807, 2.05) is 31.2 Å². The van der Waals surface area contributed by atoms with Crippen LogP contribution in [0.3, 0.4) is 0 Å². The molecule has 29 heavy (non-hydrogen) atoms. The number of carbonyl (C=O) groups excluding carboxylic acids is 2. The van der Waals surface area contributed by atoms with Crippen molar-refractivity contribution in [2.75, 3.05) is 25.6 Å². The van der Waals surface area contributed by atoms with Gasteiger partial charge in [-0.05, 0) is 37.6 Å². The molecule has 0 saturated heterocycles. The fraction of sp³-hybridized carbons (Fsp3) is 0.286. The van der Waals surface area contributed by atoms with E-state index in [2.05, 4.69) is 10.3 Å². The Bertz CT molecular complexity index is 1030. The molecule has 0 spiro atoms. The van der Waals surface area contributed by atoms with Crippen LogP contribution in [0.5, 0.6) is 0 Å². The quantitative estimate of drug-likeness (QED) is 0.485. The van der Waals surface area contributed by atoms with Gasteiger partial charge in [0.15, 0.2) is 5.69 Å². The molecule has 0 fully saturated rings. The number of carbonyl (C=O) groups is 2. The van der Waals surface area contributed by atoms with Crippen molar-refractivity contribution in [3.63, 3.8) is 0 Å². The highest BCUT2D eigenvalue weighted by Crippen LogP contribution is 2.22. The fourth-order valence-corrected chi connectivity index (χ4v) is 2.94. The Kier molecular flexibility index (Phi) is 6.46. The first-order valence-corrected chi connectivity index (χ1v) is 9.13. The number of benzene rings is 1. The van der Waals surface area contributed by atoms with Gasteiger partial charge in [-0.2, -0.15) is 0 Å². The Balaban J connectivity index is 1.74. The Labute approximate surface area is 168 Å². The van der Waals surface area contributed by atoms with Gasteiger partial charge in [0.05, 0.1) is 18.0 Å². The molecule has 0 aliphatic carbocycles. The number of imidazole rings is 1. The topological polar surface area (TPSA) is 91.2 Å². The maximum Gasteiger partial charge on any atom is 0.411 e. The number of esters is 1. The fourth-order valence-electron chi connectivity index (χ4n) is 2.94. The van der Waals surface area contributed by atoms with Crippen LogP contribution in [0.1, 0.15) is 27.3 Å².